The van der Waals surface area contributed by atoms with Crippen LogP contribution < -0.4 is 10.0 Å². The first kappa shape index (κ1) is 14.5. The summed E-state index contributed by atoms with van der Waals surface area (Å²) in [5, 5.41) is 7.08. The van der Waals surface area contributed by atoms with E-state index < -0.39 is 10.0 Å². The van der Waals surface area contributed by atoms with E-state index in [1.807, 2.05) is 19.3 Å². The molecule has 20 heavy (non-hydrogen) atoms. The molecule has 0 fully saturated rings. The Morgan fingerprint density at radius 2 is 2.00 bits per heavy atom. The van der Waals surface area contributed by atoms with Gasteiger partial charge in [-0.15, -0.1) is 0 Å². The second-order valence-corrected chi connectivity index (χ2v) is 6.11. The van der Waals surface area contributed by atoms with Gasteiger partial charge in [-0.3, -0.25) is 4.68 Å². The van der Waals surface area contributed by atoms with Gasteiger partial charge in [-0.1, -0.05) is 12.1 Å². The van der Waals surface area contributed by atoms with E-state index in [4.69, 9.17) is 0 Å². The Morgan fingerprint density at radius 1 is 1.25 bits per heavy atom. The van der Waals surface area contributed by atoms with Crippen LogP contribution in [0.5, 0.6) is 0 Å². The van der Waals surface area contributed by atoms with Crippen molar-refractivity contribution >= 4 is 15.7 Å². The van der Waals surface area contributed by atoms with E-state index in [0.29, 0.717) is 18.7 Å². The van der Waals surface area contributed by atoms with E-state index in [-0.39, 0.29) is 4.90 Å². The molecule has 0 spiro atoms. The molecule has 2 aromatic rings. The lowest BCUT2D eigenvalue weighted by molar-refractivity contribution is 0.581. The van der Waals surface area contributed by atoms with Gasteiger partial charge in [0.05, 0.1) is 11.4 Å². The monoisotopic (exact) mass is 294 g/mol. The van der Waals surface area contributed by atoms with Gasteiger partial charge in [-0.05, 0) is 18.2 Å². The van der Waals surface area contributed by atoms with Gasteiger partial charge in [0.2, 0.25) is 10.0 Å². The van der Waals surface area contributed by atoms with Crippen LogP contribution in [-0.2, 0) is 23.5 Å². The van der Waals surface area contributed by atoms with Crippen LogP contribution in [0.3, 0.4) is 0 Å². The molecular formula is C13H18N4O2S. The summed E-state index contributed by atoms with van der Waals surface area (Å²) in [5.41, 5.74) is 1.44. The maximum Gasteiger partial charge on any atom is 0.242 e. The number of hydrogen-bond acceptors (Lipinski definition) is 4. The number of hydrogen-bond donors (Lipinski definition) is 2. The number of anilines is 1. The summed E-state index contributed by atoms with van der Waals surface area (Å²) in [5.74, 6) is 0. The van der Waals surface area contributed by atoms with Crippen LogP contribution in [0.4, 0.5) is 5.69 Å². The van der Waals surface area contributed by atoms with E-state index in [2.05, 4.69) is 15.1 Å². The first-order valence-electron chi connectivity index (χ1n) is 6.28. The van der Waals surface area contributed by atoms with Gasteiger partial charge in [0, 0.05) is 33.3 Å². The van der Waals surface area contributed by atoms with Crippen molar-refractivity contribution in [2.24, 2.45) is 7.05 Å². The molecule has 108 valence electrons. The number of sulfonamides is 1. The Labute approximate surface area is 118 Å². The van der Waals surface area contributed by atoms with E-state index in [0.717, 1.165) is 5.69 Å². The van der Waals surface area contributed by atoms with E-state index in [1.165, 1.54) is 0 Å². The third-order valence-electron chi connectivity index (χ3n) is 2.89. The van der Waals surface area contributed by atoms with Crippen LogP contribution in [0.1, 0.15) is 5.69 Å². The maximum absolute atomic E-state index is 12.2. The number of aromatic nitrogens is 2. The predicted molar refractivity (Wildman–Crippen MR) is 78.1 cm³/mol. The van der Waals surface area contributed by atoms with E-state index in [1.54, 1.807) is 36.0 Å². The average molecular weight is 294 g/mol. The number of aryl methyl sites for hydroxylation is 1. The van der Waals surface area contributed by atoms with Crippen molar-refractivity contribution in [3.05, 3.63) is 42.2 Å². The summed E-state index contributed by atoms with van der Waals surface area (Å²) >= 11 is 0. The van der Waals surface area contributed by atoms with Crippen LogP contribution in [0, 0.1) is 0 Å². The third kappa shape index (κ3) is 3.37. The topological polar surface area (TPSA) is 76.0 Å². The fraction of sp³-hybridized carbons (Fsp3) is 0.308. The number of benzene rings is 1. The zero-order valence-electron chi connectivity index (χ0n) is 11.5. The minimum atomic E-state index is -3.51. The average Bonchev–Trinajstić information content (AvgIpc) is 2.84. The Hall–Kier alpha value is -1.86. The lowest BCUT2D eigenvalue weighted by Gasteiger charge is -2.10. The van der Waals surface area contributed by atoms with Crippen LogP contribution in [0.15, 0.2) is 41.4 Å². The standard InChI is InChI=1S/C13H18N4O2S/c1-14-12-5-3-4-6-13(12)20(18,19)15-9-7-11-8-10-17(2)16-11/h3-6,8,10,14-15H,7,9H2,1-2H3. The molecule has 7 heteroatoms. The van der Waals surface area contributed by atoms with Crippen molar-refractivity contribution < 1.29 is 8.42 Å². The lowest BCUT2D eigenvalue weighted by atomic mass is 10.3. The predicted octanol–water partition coefficient (Wildman–Crippen LogP) is 0.983. The minimum Gasteiger partial charge on any atom is -0.387 e. The fourth-order valence-electron chi connectivity index (χ4n) is 1.90. The zero-order chi connectivity index (χ0) is 14.6. The highest BCUT2D eigenvalue weighted by molar-refractivity contribution is 7.89. The maximum atomic E-state index is 12.2. The molecule has 1 aromatic carbocycles. The van der Waals surface area contributed by atoms with Crippen molar-refractivity contribution in [1.29, 1.82) is 0 Å². The molecule has 0 aliphatic carbocycles. The first-order valence-corrected chi connectivity index (χ1v) is 7.76. The molecule has 0 saturated carbocycles. The van der Waals surface area contributed by atoms with Crippen LogP contribution in [0.25, 0.3) is 0 Å². The molecule has 6 nitrogen and oxygen atoms in total. The van der Waals surface area contributed by atoms with E-state index in [9.17, 15) is 8.42 Å². The molecule has 2 N–H and O–H groups in total. The molecule has 0 aliphatic rings. The van der Waals surface area contributed by atoms with Gasteiger partial charge in [0.1, 0.15) is 4.90 Å². The highest BCUT2D eigenvalue weighted by Gasteiger charge is 2.17. The zero-order valence-corrected chi connectivity index (χ0v) is 12.3. The third-order valence-corrected chi connectivity index (χ3v) is 4.41. The largest absolute Gasteiger partial charge is 0.387 e. The van der Waals surface area contributed by atoms with Crippen molar-refractivity contribution in [1.82, 2.24) is 14.5 Å². The van der Waals surface area contributed by atoms with Crippen molar-refractivity contribution in [2.75, 3.05) is 18.9 Å². The molecule has 0 bridgehead atoms. The molecule has 1 aromatic heterocycles. The number of nitrogens with zero attached hydrogens (tertiary/aromatic N) is 2. The molecule has 0 radical (unpaired) electrons. The summed E-state index contributed by atoms with van der Waals surface area (Å²) in [6, 6.07) is 8.67. The Morgan fingerprint density at radius 3 is 2.65 bits per heavy atom. The van der Waals surface area contributed by atoms with E-state index >= 15 is 0 Å². The molecule has 0 atom stereocenters. The summed E-state index contributed by atoms with van der Waals surface area (Å²) in [4.78, 5) is 0.253. The number of para-hydroxylation sites is 1. The Balaban J connectivity index is 2.04. The quantitative estimate of drug-likeness (QED) is 0.833. The Kier molecular flexibility index (Phi) is 4.41. The van der Waals surface area contributed by atoms with Crippen LogP contribution in [-0.4, -0.2) is 31.8 Å². The number of rotatable bonds is 6. The highest BCUT2D eigenvalue weighted by atomic mass is 32.2. The molecule has 0 amide bonds. The van der Waals surface area contributed by atoms with Gasteiger partial charge >= 0.3 is 0 Å². The molecule has 0 unspecified atom stereocenters. The van der Waals surface area contributed by atoms with Crippen LogP contribution in [0.2, 0.25) is 0 Å². The molecule has 1 heterocycles. The lowest BCUT2D eigenvalue weighted by Crippen LogP contribution is -2.26. The summed E-state index contributed by atoms with van der Waals surface area (Å²) in [7, 11) is 0.0134. The molecule has 0 aliphatic heterocycles. The summed E-state index contributed by atoms with van der Waals surface area (Å²) in [6.45, 7) is 0.317. The second-order valence-electron chi connectivity index (χ2n) is 4.37. The van der Waals surface area contributed by atoms with Crippen molar-refractivity contribution in [2.45, 2.75) is 11.3 Å². The smallest absolute Gasteiger partial charge is 0.242 e. The fourth-order valence-corrected chi connectivity index (χ4v) is 3.14. The van der Waals surface area contributed by atoms with Gasteiger partial charge in [0.15, 0.2) is 0 Å². The van der Waals surface area contributed by atoms with Gasteiger partial charge in [-0.25, -0.2) is 13.1 Å². The highest BCUT2D eigenvalue weighted by Crippen LogP contribution is 2.19. The van der Waals surface area contributed by atoms with Crippen molar-refractivity contribution in [3.63, 3.8) is 0 Å². The van der Waals surface area contributed by atoms with Crippen molar-refractivity contribution in [3.8, 4) is 0 Å². The minimum absolute atomic E-state index is 0.253. The van der Waals surface area contributed by atoms with Crippen LogP contribution >= 0.6 is 0 Å². The number of nitrogens with one attached hydrogen (secondary N) is 2. The van der Waals surface area contributed by atoms with Gasteiger partial charge < -0.3 is 5.32 Å². The molecular weight excluding hydrogens is 276 g/mol. The molecule has 2 rings (SSSR count). The molecule has 0 saturated heterocycles. The second kappa shape index (κ2) is 6.06. The first-order chi connectivity index (χ1) is 9.53. The van der Waals surface area contributed by atoms with Gasteiger partial charge in [0.25, 0.3) is 0 Å². The summed E-state index contributed by atoms with van der Waals surface area (Å²) < 4.78 is 28.7. The Bertz CT molecular complexity index is 679. The summed E-state index contributed by atoms with van der Waals surface area (Å²) in [6.07, 6.45) is 2.39. The van der Waals surface area contributed by atoms with Gasteiger partial charge in [-0.2, -0.15) is 5.10 Å². The normalized spacial score (nSPS) is 11.5. The SMILES string of the molecule is CNc1ccccc1S(=O)(=O)NCCc1ccn(C)n1.